The van der Waals surface area contributed by atoms with E-state index in [2.05, 4.69) is 12.3 Å². The molecule has 1 aliphatic heterocycles. The molecule has 1 N–H and O–H groups in total. The van der Waals surface area contributed by atoms with Gasteiger partial charge in [0.1, 0.15) is 17.2 Å². The van der Waals surface area contributed by atoms with Gasteiger partial charge in [-0.2, -0.15) is 5.10 Å². The van der Waals surface area contributed by atoms with Crippen LogP contribution in [0.4, 0.5) is 5.69 Å². The Hall–Kier alpha value is -3.31. The van der Waals surface area contributed by atoms with Gasteiger partial charge in [0.15, 0.2) is 5.84 Å². The molecule has 0 unspecified atom stereocenters. The highest BCUT2D eigenvalue weighted by Gasteiger charge is 2.18. The molecular weight excluding hydrogens is 422 g/mol. The number of hydrogen-bond donors (Lipinski definition) is 1. The summed E-state index contributed by atoms with van der Waals surface area (Å²) in [5.74, 6) is 2.29. The van der Waals surface area contributed by atoms with Gasteiger partial charge in [-0.15, -0.1) is 0 Å². The predicted molar refractivity (Wildman–Crippen MR) is 131 cm³/mol. The van der Waals surface area contributed by atoms with Crippen molar-refractivity contribution < 1.29 is 9.47 Å². The Morgan fingerprint density at radius 2 is 1.56 bits per heavy atom. The second-order valence-corrected chi connectivity index (χ2v) is 7.81. The highest BCUT2D eigenvalue weighted by molar-refractivity contribution is 6.30. The summed E-state index contributed by atoms with van der Waals surface area (Å²) in [7, 11) is 0. The molecular formula is C26H26ClN3O2. The number of fused-ring (bicyclic) bond motifs is 1. The highest BCUT2D eigenvalue weighted by atomic mass is 35.5. The molecule has 1 aliphatic rings. The molecule has 3 aromatic carbocycles. The molecule has 0 saturated heterocycles. The Bertz CT molecular complexity index is 1120. The fourth-order valence-corrected chi connectivity index (χ4v) is 3.50. The molecule has 1 heterocycles. The third-order valence-corrected chi connectivity index (χ3v) is 5.30. The number of halogens is 1. The molecule has 0 fully saturated rings. The van der Waals surface area contributed by atoms with Gasteiger partial charge in [0, 0.05) is 21.7 Å². The zero-order chi connectivity index (χ0) is 22.3. The summed E-state index contributed by atoms with van der Waals surface area (Å²) in [5, 5.41) is 5.40. The smallest absolute Gasteiger partial charge is 0.154 e. The molecule has 4 rings (SSSR count). The van der Waals surface area contributed by atoms with Gasteiger partial charge in [-0.05, 0) is 80.1 Å². The predicted octanol–water partition coefficient (Wildman–Crippen LogP) is 6.35. The number of ether oxygens (including phenoxy) is 2. The van der Waals surface area contributed by atoms with Gasteiger partial charge < -0.3 is 9.47 Å². The van der Waals surface area contributed by atoms with Crippen LogP contribution in [0.1, 0.15) is 43.4 Å². The molecule has 0 aromatic heterocycles. The van der Waals surface area contributed by atoms with Gasteiger partial charge in [-0.3, -0.25) is 5.43 Å². The Kier molecular flexibility index (Phi) is 7.07. The molecule has 0 saturated carbocycles. The zero-order valence-electron chi connectivity index (χ0n) is 18.3. The second kappa shape index (κ2) is 10.3. The van der Waals surface area contributed by atoms with Crippen LogP contribution in [0.2, 0.25) is 5.02 Å². The van der Waals surface area contributed by atoms with E-state index in [-0.39, 0.29) is 0 Å². The quantitative estimate of drug-likeness (QED) is 0.409. The van der Waals surface area contributed by atoms with Crippen LogP contribution in [-0.4, -0.2) is 24.8 Å². The molecule has 0 aliphatic carbocycles. The van der Waals surface area contributed by atoms with E-state index in [9.17, 15) is 0 Å². The van der Waals surface area contributed by atoms with Crippen LogP contribution < -0.4 is 14.9 Å². The monoisotopic (exact) mass is 447 g/mol. The van der Waals surface area contributed by atoms with E-state index >= 15 is 0 Å². The summed E-state index contributed by atoms with van der Waals surface area (Å²) in [6, 6.07) is 21.4. The Morgan fingerprint density at radius 3 is 2.28 bits per heavy atom. The molecule has 3 aromatic rings. The second-order valence-electron chi connectivity index (χ2n) is 7.38. The third-order valence-electron chi connectivity index (χ3n) is 5.05. The van der Waals surface area contributed by atoms with Crippen molar-refractivity contribution in [2.24, 2.45) is 10.1 Å². The lowest BCUT2D eigenvalue weighted by Gasteiger charge is -2.11. The molecule has 32 heavy (non-hydrogen) atoms. The first-order chi connectivity index (χ1) is 15.7. The zero-order valence-corrected chi connectivity index (χ0v) is 19.0. The van der Waals surface area contributed by atoms with Gasteiger partial charge in [-0.1, -0.05) is 24.9 Å². The van der Waals surface area contributed by atoms with Crippen LogP contribution in [0.15, 0.2) is 76.8 Å². The Balaban J connectivity index is 1.71. The molecule has 6 heteroatoms. The lowest BCUT2D eigenvalue weighted by molar-refractivity contribution is 0.309. The first-order valence-electron chi connectivity index (χ1n) is 10.9. The molecule has 0 atom stereocenters. The van der Waals surface area contributed by atoms with Crippen molar-refractivity contribution in [3.8, 4) is 11.5 Å². The fourth-order valence-electron chi connectivity index (χ4n) is 3.37. The summed E-state index contributed by atoms with van der Waals surface area (Å²) < 4.78 is 11.5. The largest absolute Gasteiger partial charge is 0.494 e. The maximum atomic E-state index is 6.05. The van der Waals surface area contributed by atoms with Crippen LogP contribution >= 0.6 is 11.6 Å². The minimum Gasteiger partial charge on any atom is -0.494 e. The van der Waals surface area contributed by atoms with E-state index in [1.807, 2.05) is 73.7 Å². The molecule has 5 nitrogen and oxygen atoms in total. The average Bonchev–Trinajstić information content (AvgIpc) is 3.00. The molecule has 0 radical (unpaired) electrons. The minimum atomic E-state index is 0.590. The van der Waals surface area contributed by atoms with Crippen LogP contribution in [0.5, 0.6) is 11.5 Å². The highest BCUT2D eigenvalue weighted by Crippen LogP contribution is 2.30. The van der Waals surface area contributed by atoms with Gasteiger partial charge in [-0.25, -0.2) is 4.99 Å². The number of aliphatic imine (C=N–C) groups is 1. The molecule has 0 bridgehead atoms. The van der Waals surface area contributed by atoms with Crippen LogP contribution in [0.3, 0.4) is 0 Å². The van der Waals surface area contributed by atoms with E-state index in [1.165, 1.54) is 0 Å². The van der Waals surface area contributed by atoms with Crippen molar-refractivity contribution >= 4 is 28.8 Å². The van der Waals surface area contributed by atoms with Gasteiger partial charge in [0.05, 0.1) is 18.9 Å². The number of nitrogens with one attached hydrogen (secondary N) is 1. The van der Waals surface area contributed by atoms with Crippen molar-refractivity contribution in [3.05, 3.63) is 88.4 Å². The van der Waals surface area contributed by atoms with Crippen molar-refractivity contribution in [2.75, 3.05) is 13.2 Å². The Labute approximate surface area is 193 Å². The van der Waals surface area contributed by atoms with E-state index in [0.29, 0.717) is 17.5 Å². The van der Waals surface area contributed by atoms with Gasteiger partial charge >= 0.3 is 0 Å². The summed E-state index contributed by atoms with van der Waals surface area (Å²) in [4.78, 5) is 4.85. The lowest BCUT2D eigenvalue weighted by atomic mass is 10.0. The van der Waals surface area contributed by atoms with Crippen molar-refractivity contribution in [1.82, 2.24) is 5.43 Å². The maximum Gasteiger partial charge on any atom is 0.154 e. The SMILES string of the molecule is CCCCOc1ccc(C2=NNC(c3ccc(Cl)cc3)=Nc3ccc(OCC)cc32)cc1. The average molecular weight is 448 g/mol. The number of hydrogen-bond acceptors (Lipinski definition) is 5. The van der Waals surface area contributed by atoms with E-state index in [1.54, 1.807) is 0 Å². The topological polar surface area (TPSA) is 55.2 Å². The maximum absolute atomic E-state index is 6.05. The summed E-state index contributed by atoms with van der Waals surface area (Å²) in [5.41, 5.74) is 7.50. The number of nitrogens with zero attached hydrogens (tertiary/aromatic N) is 2. The number of rotatable bonds is 8. The molecule has 0 amide bonds. The fraction of sp³-hybridized carbons (Fsp3) is 0.231. The van der Waals surface area contributed by atoms with Crippen LogP contribution in [0.25, 0.3) is 0 Å². The minimum absolute atomic E-state index is 0.590. The van der Waals surface area contributed by atoms with E-state index < -0.39 is 0 Å². The Morgan fingerprint density at radius 1 is 0.844 bits per heavy atom. The molecule has 0 spiro atoms. The number of amidine groups is 1. The number of hydrazone groups is 1. The third kappa shape index (κ3) is 5.11. The van der Waals surface area contributed by atoms with Crippen molar-refractivity contribution in [2.45, 2.75) is 26.7 Å². The summed E-state index contributed by atoms with van der Waals surface area (Å²) in [6.45, 7) is 5.43. The van der Waals surface area contributed by atoms with Crippen LogP contribution in [0, 0.1) is 0 Å². The van der Waals surface area contributed by atoms with E-state index in [4.69, 9.17) is 31.2 Å². The van der Waals surface area contributed by atoms with Gasteiger partial charge in [0.25, 0.3) is 0 Å². The first kappa shape index (κ1) is 21.9. The van der Waals surface area contributed by atoms with Crippen molar-refractivity contribution in [1.29, 1.82) is 0 Å². The summed E-state index contributed by atoms with van der Waals surface area (Å²) >= 11 is 6.05. The number of benzene rings is 3. The van der Waals surface area contributed by atoms with Crippen molar-refractivity contribution in [3.63, 3.8) is 0 Å². The summed E-state index contributed by atoms with van der Waals surface area (Å²) in [6.07, 6.45) is 2.15. The van der Waals surface area contributed by atoms with Gasteiger partial charge in [0.2, 0.25) is 0 Å². The van der Waals surface area contributed by atoms with E-state index in [0.717, 1.165) is 59.0 Å². The normalized spacial score (nSPS) is 12.7. The lowest BCUT2D eigenvalue weighted by Crippen LogP contribution is -2.19. The number of unbranched alkanes of at least 4 members (excludes halogenated alkanes) is 1. The first-order valence-corrected chi connectivity index (χ1v) is 11.2. The molecule has 164 valence electrons. The van der Waals surface area contributed by atoms with Crippen LogP contribution in [-0.2, 0) is 0 Å². The standard InChI is InChI=1S/C26H26ClN3O2/c1-3-5-16-32-21-12-8-18(9-13-21)25-23-17-22(31-4-2)14-15-24(23)28-26(30-29-25)19-6-10-20(27)11-7-19/h6-15,17H,3-5,16H2,1-2H3,(H,28,30).